The molecule has 0 aliphatic rings. The van der Waals surface area contributed by atoms with Crippen molar-refractivity contribution in [1.82, 2.24) is 0 Å². The Labute approximate surface area is 44.9 Å². The van der Waals surface area contributed by atoms with Crippen molar-refractivity contribution in [3.8, 4) is 0 Å². The van der Waals surface area contributed by atoms with E-state index in [1.54, 1.807) is 0 Å². The van der Waals surface area contributed by atoms with Gasteiger partial charge in [-0.05, 0) is 0 Å². The average Bonchev–Trinajstić information content (AvgIpc) is 0. The molecule has 0 aromatic carbocycles. The monoisotopic (exact) mass is 150 g/mol. The molecule has 0 aromatic rings. The molecule has 0 saturated heterocycles. The van der Waals surface area contributed by atoms with Gasteiger partial charge in [0.1, 0.15) is 0 Å². The molecule has 4 radical (unpaired) electrons. The molecule has 0 aromatic heterocycles. The van der Waals surface area contributed by atoms with E-state index in [1.807, 2.05) is 0 Å². The van der Waals surface area contributed by atoms with Gasteiger partial charge >= 0.3 is 0 Å². The first-order valence-corrected chi connectivity index (χ1v) is 0. The molecule has 44 valence electrons. The van der Waals surface area contributed by atoms with Gasteiger partial charge in [0.25, 0.3) is 0 Å². The van der Waals surface area contributed by atoms with Gasteiger partial charge in [0.15, 0.2) is 0 Å². The Kier molecular flexibility index (Phi) is 397000. The summed E-state index contributed by atoms with van der Waals surface area (Å²) in [7, 11) is 0. The molecule has 0 fully saturated rings. The van der Waals surface area contributed by atoms with Crippen LogP contribution in [0.4, 0.5) is 18.8 Å². The fourth-order valence-electron chi connectivity index (χ4n) is 0. The van der Waals surface area contributed by atoms with Crippen LogP contribution >= 0.6 is 0 Å². The molecule has 0 saturated carbocycles. The molecule has 0 bridgehead atoms. The van der Waals surface area contributed by atoms with E-state index in [-0.39, 0.29) is 44.0 Å². The Hall–Kier alpha value is 0.291. The summed E-state index contributed by atoms with van der Waals surface area (Å²) in [6, 6.07) is 0. The summed E-state index contributed by atoms with van der Waals surface area (Å²) in [5.74, 6) is 0. The van der Waals surface area contributed by atoms with Gasteiger partial charge < -0.3 is 0 Å². The van der Waals surface area contributed by atoms with Crippen LogP contribution in [0.2, 0.25) is 0 Å². The third-order valence-electron chi connectivity index (χ3n) is 0. The van der Waals surface area contributed by atoms with Gasteiger partial charge in [0.05, 0.1) is 0 Å². The SMILES string of the molecule is F.F.F.F.[B].[Co]. The molecule has 6 heteroatoms. The van der Waals surface area contributed by atoms with Crippen LogP contribution in [0.1, 0.15) is 0 Å². The van der Waals surface area contributed by atoms with Crippen LogP contribution in [-0.4, -0.2) is 8.41 Å². The van der Waals surface area contributed by atoms with Crippen LogP contribution in [0.3, 0.4) is 0 Å². The minimum absolute atomic E-state index is 0. The Morgan fingerprint density at radius 2 is 0.500 bits per heavy atom. The number of rotatable bonds is 0. The second-order valence-electron chi connectivity index (χ2n) is 0. The molecular formula is H4BCoF4. The van der Waals surface area contributed by atoms with E-state index in [9.17, 15) is 0 Å². The first-order chi connectivity index (χ1) is 0. The Balaban J connectivity index is 0. The second-order valence-corrected chi connectivity index (χ2v) is 0. The summed E-state index contributed by atoms with van der Waals surface area (Å²) in [6.45, 7) is 0. The summed E-state index contributed by atoms with van der Waals surface area (Å²) < 4.78 is 0. The van der Waals surface area contributed by atoms with Gasteiger partial charge in [0, 0.05) is 25.2 Å². The largest absolute Gasteiger partial charge is 0.269 e. The summed E-state index contributed by atoms with van der Waals surface area (Å²) >= 11 is 0. The average molecular weight is 150 g/mol. The molecule has 0 unspecified atom stereocenters. The molecule has 0 heterocycles. The summed E-state index contributed by atoms with van der Waals surface area (Å²) in [4.78, 5) is 0. The van der Waals surface area contributed by atoms with Gasteiger partial charge in [-0.25, -0.2) is 0 Å². The predicted octanol–water partition coefficient (Wildman–Crippen LogP) is 0.227. The van der Waals surface area contributed by atoms with Crippen molar-refractivity contribution >= 4 is 8.41 Å². The van der Waals surface area contributed by atoms with Crippen LogP contribution in [-0.2, 0) is 16.8 Å². The Morgan fingerprint density at radius 1 is 0.500 bits per heavy atom. The van der Waals surface area contributed by atoms with Gasteiger partial charge in [-0.3, -0.25) is 18.8 Å². The number of halogens is 4. The smallest absolute Gasteiger partial charge is 0 e. The van der Waals surface area contributed by atoms with Crippen LogP contribution in [0.25, 0.3) is 0 Å². The van der Waals surface area contributed by atoms with Crippen molar-refractivity contribution in [3.05, 3.63) is 0 Å². The number of hydrogen-bond acceptors (Lipinski definition) is 0. The fourth-order valence-corrected chi connectivity index (χ4v) is 0. The third kappa shape index (κ3) is 547. The van der Waals surface area contributed by atoms with E-state index in [0.29, 0.717) is 0 Å². The normalized spacial score (nSPS) is 0. The fraction of sp³-hybridized carbons (Fsp3) is 0. The zero-order chi connectivity index (χ0) is 0. The topological polar surface area (TPSA) is 0 Å². The first-order valence-electron chi connectivity index (χ1n) is 0. The second kappa shape index (κ2) is 1150. The van der Waals surface area contributed by atoms with Gasteiger partial charge in [-0.2, -0.15) is 0 Å². The molecule has 0 rings (SSSR count). The number of hydrogen-bond donors (Lipinski definition) is 0. The zero-order valence-electron chi connectivity index (χ0n) is 2.54. The molecule has 0 nitrogen and oxygen atoms in total. The molecule has 0 spiro atoms. The van der Waals surface area contributed by atoms with Crippen LogP contribution in [0.5, 0.6) is 0 Å². The van der Waals surface area contributed by atoms with E-state index in [0.717, 1.165) is 0 Å². The standard InChI is InChI=1S/B.Co.4FH/h;;4*1H. The van der Waals surface area contributed by atoms with Crippen molar-refractivity contribution in [3.63, 3.8) is 0 Å². The van der Waals surface area contributed by atoms with E-state index >= 15 is 0 Å². The zero-order valence-corrected chi connectivity index (χ0v) is 3.58. The molecule has 0 amide bonds. The third-order valence-corrected chi connectivity index (χ3v) is 0. The minimum Gasteiger partial charge on any atom is -0.269 e. The summed E-state index contributed by atoms with van der Waals surface area (Å²) in [5.41, 5.74) is 0. The van der Waals surface area contributed by atoms with Crippen molar-refractivity contribution in [1.29, 1.82) is 0 Å². The van der Waals surface area contributed by atoms with E-state index in [1.165, 1.54) is 0 Å². The molecule has 0 atom stereocenters. The quantitative estimate of drug-likeness (QED) is 0.342. The molecule has 0 N–H and O–H groups in total. The molecule has 0 aliphatic carbocycles. The van der Waals surface area contributed by atoms with E-state index in [4.69, 9.17) is 0 Å². The maximum Gasteiger partial charge on any atom is 0 e. The molecule has 6 heavy (non-hydrogen) atoms. The first kappa shape index (κ1) is 2070. The van der Waals surface area contributed by atoms with Crippen molar-refractivity contribution in [2.45, 2.75) is 0 Å². The van der Waals surface area contributed by atoms with Crippen LogP contribution in [0.15, 0.2) is 0 Å². The van der Waals surface area contributed by atoms with E-state index < -0.39 is 0 Å². The Morgan fingerprint density at radius 3 is 0.500 bits per heavy atom. The molecule has 0 aliphatic heterocycles. The summed E-state index contributed by atoms with van der Waals surface area (Å²) in [6.07, 6.45) is 0. The van der Waals surface area contributed by atoms with Crippen molar-refractivity contribution < 1.29 is 35.6 Å². The van der Waals surface area contributed by atoms with Crippen molar-refractivity contribution in [2.24, 2.45) is 0 Å². The van der Waals surface area contributed by atoms with Gasteiger partial charge in [-0.1, -0.05) is 0 Å². The predicted molar refractivity (Wildman–Crippen MR) is 15.8 cm³/mol. The maximum absolute atomic E-state index is 0. The van der Waals surface area contributed by atoms with E-state index in [2.05, 4.69) is 0 Å². The minimum atomic E-state index is 0. The maximum atomic E-state index is 0. The molecular weight excluding hydrogens is 146 g/mol. The summed E-state index contributed by atoms with van der Waals surface area (Å²) in [5, 5.41) is 0. The van der Waals surface area contributed by atoms with Crippen LogP contribution < -0.4 is 0 Å². The van der Waals surface area contributed by atoms with Gasteiger partial charge in [-0.15, -0.1) is 0 Å². The Bertz CT molecular complexity index is 7.51. The van der Waals surface area contributed by atoms with Crippen molar-refractivity contribution in [2.75, 3.05) is 0 Å². The van der Waals surface area contributed by atoms with Gasteiger partial charge in [0.2, 0.25) is 0 Å². The van der Waals surface area contributed by atoms with Crippen LogP contribution in [0, 0.1) is 0 Å².